The summed E-state index contributed by atoms with van der Waals surface area (Å²) in [4.78, 5) is 64.1. The summed E-state index contributed by atoms with van der Waals surface area (Å²) in [5.41, 5.74) is 5.10. The molecule has 2 aromatic rings. The first-order valence-corrected chi connectivity index (χ1v) is 17.9. The summed E-state index contributed by atoms with van der Waals surface area (Å²) in [5, 5.41) is 22.4. The average molecular weight is 732 g/mol. The smallest absolute Gasteiger partial charge is 0.490 e. The highest BCUT2D eigenvalue weighted by molar-refractivity contribution is 7.66. The van der Waals surface area contributed by atoms with Crippen LogP contribution < -0.4 is 16.2 Å². The topological polar surface area (TPSA) is 312 Å². The Kier molecular flexibility index (Phi) is 12.0. The largest absolute Gasteiger partial charge is 0.496 e. The standard InChI is InChI=1S/C23H35N4O17P3/c1-12-6-15(27(30)31)14(7-17(12)39-5)20(23(2,3)4)40-10-13-9-26(22(29)25-21(13)24)19-8-16(28)18(42-19)11-41-46(35,36)44-47(37,38)43-45(32,33)34/h6-7,9,16,18-20,28H,8,10-11H2,1-5H3,(H,35,36)(H,37,38)(H2,24,25,29)(H2,32,33,34)/t16-,18-,19-,20-/m1/s1. The number of aromatic nitrogens is 2. The molecule has 1 aliphatic heterocycles. The molecule has 24 heteroatoms. The number of nitrogens with zero attached hydrogens (tertiary/aromatic N) is 3. The number of aliphatic hydroxyl groups excluding tert-OH is 1. The van der Waals surface area contributed by atoms with Crippen molar-refractivity contribution >= 4 is 35.0 Å². The molecule has 21 nitrogen and oxygen atoms in total. The molecule has 3 rings (SSSR count). The number of anilines is 1. The maximum Gasteiger partial charge on any atom is 0.490 e. The zero-order valence-electron chi connectivity index (χ0n) is 25.6. The van der Waals surface area contributed by atoms with Gasteiger partial charge in [0.2, 0.25) is 0 Å². The Morgan fingerprint density at radius 2 is 1.81 bits per heavy atom. The Hall–Kier alpha value is -2.61. The van der Waals surface area contributed by atoms with E-state index in [-0.39, 0.29) is 35.7 Å². The first kappa shape index (κ1) is 38.8. The number of nitro benzene ring substituents is 1. The van der Waals surface area contributed by atoms with Gasteiger partial charge in [-0.1, -0.05) is 20.8 Å². The molecule has 6 atom stereocenters. The predicted molar refractivity (Wildman–Crippen MR) is 159 cm³/mol. The van der Waals surface area contributed by atoms with Gasteiger partial charge in [-0.3, -0.25) is 19.2 Å². The second-order valence-corrected chi connectivity index (χ2v) is 15.8. The van der Waals surface area contributed by atoms with Crippen molar-refractivity contribution in [1.82, 2.24) is 9.55 Å². The summed E-state index contributed by atoms with van der Waals surface area (Å²) in [7, 11) is -15.5. The zero-order chi connectivity index (χ0) is 35.7. The lowest BCUT2D eigenvalue weighted by Gasteiger charge is -2.31. The van der Waals surface area contributed by atoms with Crippen molar-refractivity contribution in [3.63, 3.8) is 0 Å². The van der Waals surface area contributed by atoms with Crippen LogP contribution in [0.5, 0.6) is 5.75 Å². The van der Waals surface area contributed by atoms with Gasteiger partial charge in [-0.15, -0.1) is 0 Å². The van der Waals surface area contributed by atoms with Crippen LogP contribution in [0.15, 0.2) is 23.1 Å². The molecule has 0 bridgehead atoms. The van der Waals surface area contributed by atoms with Crippen molar-refractivity contribution in [1.29, 1.82) is 0 Å². The van der Waals surface area contributed by atoms with E-state index in [4.69, 9.17) is 29.7 Å². The van der Waals surface area contributed by atoms with Crippen LogP contribution in [0, 0.1) is 22.5 Å². The van der Waals surface area contributed by atoms with Crippen molar-refractivity contribution in [2.75, 3.05) is 19.5 Å². The number of benzene rings is 1. The van der Waals surface area contributed by atoms with Crippen LogP contribution in [0.25, 0.3) is 0 Å². The minimum Gasteiger partial charge on any atom is -0.496 e. The van der Waals surface area contributed by atoms with Gasteiger partial charge in [0.25, 0.3) is 5.69 Å². The Morgan fingerprint density at radius 1 is 1.17 bits per heavy atom. The van der Waals surface area contributed by atoms with Crippen LogP contribution in [0.4, 0.5) is 11.5 Å². The highest BCUT2D eigenvalue weighted by Crippen LogP contribution is 2.66. The van der Waals surface area contributed by atoms with Crippen LogP contribution in [-0.2, 0) is 42.9 Å². The van der Waals surface area contributed by atoms with E-state index in [2.05, 4.69) is 18.1 Å². The first-order chi connectivity index (χ1) is 21.4. The molecule has 1 saturated heterocycles. The second-order valence-electron chi connectivity index (χ2n) is 11.4. The van der Waals surface area contributed by atoms with Crippen LogP contribution in [-0.4, -0.2) is 65.1 Å². The van der Waals surface area contributed by atoms with E-state index in [1.807, 2.05) is 0 Å². The van der Waals surface area contributed by atoms with Crippen LogP contribution >= 0.6 is 23.5 Å². The van der Waals surface area contributed by atoms with Gasteiger partial charge in [-0.25, -0.2) is 18.5 Å². The summed E-state index contributed by atoms with van der Waals surface area (Å²) < 4.78 is 64.2. The number of nitrogen functional groups attached to an aromatic ring is 1. The SMILES string of the molecule is COc1cc([C@@H](OCc2cn([C@H]3C[C@@H](O)[C@@H](COP(=O)(O)OP(=O)(O)OP(=O)(O)O)O3)c(=O)nc2N)C(C)(C)C)c([N+](=O)[O-])cc1C. The van der Waals surface area contributed by atoms with Crippen molar-refractivity contribution in [3.05, 3.63) is 55.6 Å². The summed E-state index contributed by atoms with van der Waals surface area (Å²) in [6.07, 6.45) is -4.02. The molecule has 0 amide bonds. The highest BCUT2D eigenvalue weighted by Gasteiger charge is 2.43. The number of hydrogen-bond acceptors (Lipinski definition) is 15. The summed E-state index contributed by atoms with van der Waals surface area (Å²) >= 11 is 0. The average Bonchev–Trinajstić information content (AvgIpc) is 3.26. The maximum absolute atomic E-state index is 12.7. The minimum absolute atomic E-state index is 0.162. The molecule has 1 aromatic carbocycles. The van der Waals surface area contributed by atoms with Gasteiger partial charge < -0.3 is 44.6 Å². The van der Waals surface area contributed by atoms with E-state index < -0.39 is 70.6 Å². The lowest BCUT2D eigenvalue weighted by atomic mass is 9.83. The third-order valence-corrected chi connectivity index (χ3v) is 10.4. The Balaban J connectivity index is 1.80. The van der Waals surface area contributed by atoms with Crippen molar-refractivity contribution in [2.45, 2.75) is 65.3 Å². The number of hydrogen-bond donors (Lipinski definition) is 6. The van der Waals surface area contributed by atoms with Gasteiger partial charge in [-0.2, -0.15) is 13.6 Å². The molecule has 47 heavy (non-hydrogen) atoms. The van der Waals surface area contributed by atoms with Crippen LogP contribution in [0.2, 0.25) is 0 Å². The molecule has 0 radical (unpaired) electrons. The molecule has 0 aliphatic carbocycles. The van der Waals surface area contributed by atoms with E-state index in [1.165, 1.54) is 25.4 Å². The minimum atomic E-state index is -5.77. The maximum atomic E-state index is 12.7. The number of aliphatic hydroxyl groups is 1. The molecule has 2 heterocycles. The highest BCUT2D eigenvalue weighted by atomic mass is 31.3. The monoisotopic (exact) mass is 732 g/mol. The molecule has 1 aliphatic rings. The first-order valence-electron chi connectivity index (χ1n) is 13.4. The molecule has 7 N–H and O–H groups in total. The third-order valence-electron chi connectivity index (χ3n) is 6.61. The van der Waals surface area contributed by atoms with Crippen LogP contribution in [0.3, 0.4) is 0 Å². The number of phosphoric acid groups is 3. The number of nitro groups is 1. The number of aryl methyl sites for hydroxylation is 1. The number of rotatable bonds is 14. The zero-order valence-corrected chi connectivity index (χ0v) is 28.2. The molecular weight excluding hydrogens is 697 g/mol. The normalized spacial score (nSPS) is 22.0. The van der Waals surface area contributed by atoms with Crippen molar-refractivity contribution < 1.29 is 70.7 Å². The van der Waals surface area contributed by atoms with E-state index in [9.17, 15) is 43.5 Å². The molecule has 0 saturated carbocycles. The molecular formula is C23H35N4O17P3. The Labute approximate surface area is 266 Å². The fourth-order valence-corrected chi connectivity index (χ4v) is 7.63. The Morgan fingerprint density at radius 3 is 2.36 bits per heavy atom. The quantitative estimate of drug-likeness (QED) is 0.0922. The van der Waals surface area contributed by atoms with Crippen LogP contribution in [0.1, 0.15) is 56.2 Å². The van der Waals surface area contributed by atoms with Crippen molar-refractivity contribution in [3.8, 4) is 5.75 Å². The molecule has 2 unspecified atom stereocenters. The van der Waals surface area contributed by atoms with Gasteiger partial charge in [0.15, 0.2) is 0 Å². The second kappa shape index (κ2) is 14.5. The number of ether oxygens (including phenoxy) is 3. The van der Waals surface area contributed by atoms with Gasteiger partial charge in [-0.05, 0) is 24.0 Å². The molecule has 1 fully saturated rings. The van der Waals surface area contributed by atoms with Crippen molar-refractivity contribution in [2.24, 2.45) is 5.41 Å². The summed E-state index contributed by atoms with van der Waals surface area (Å²) in [6.45, 7) is 5.80. The number of phosphoric ester groups is 1. The molecule has 264 valence electrons. The summed E-state index contributed by atoms with van der Waals surface area (Å²) in [6, 6.07) is 2.89. The fraction of sp³-hybridized carbons (Fsp3) is 0.565. The Bertz CT molecular complexity index is 1690. The number of nitrogens with two attached hydrogens (primary N) is 1. The lowest BCUT2D eigenvalue weighted by molar-refractivity contribution is -0.386. The third kappa shape index (κ3) is 10.4. The predicted octanol–water partition coefficient (Wildman–Crippen LogP) is 2.35. The van der Waals surface area contributed by atoms with E-state index in [0.29, 0.717) is 11.3 Å². The fourth-order valence-electron chi connectivity index (χ4n) is 4.60. The van der Waals surface area contributed by atoms with E-state index in [1.54, 1.807) is 27.7 Å². The molecule has 1 aromatic heterocycles. The van der Waals surface area contributed by atoms with E-state index in [0.717, 1.165) is 4.57 Å². The van der Waals surface area contributed by atoms with Gasteiger partial charge in [0.05, 0.1) is 43.0 Å². The van der Waals surface area contributed by atoms with Gasteiger partial charge in [0.1, 0.15) is 23.9 Å². The van der Waals surface area contributed by atoms with E-state index >= 15 is 0 Å². The summed E-state index contributed by atoms with van der Waals surface area (Å²) in [5.74, 6) is 0.176. The lowest BCUT2D eigenvalue weighted by Crippen LogP contribution is -2.30. The molecule has 0 spiro atoms. The number of methoxy groups -OCH3 is 1. The van der Waals surface area contributed by atoms with Gasteiger partial charge in [0, 0.05) is 24.2 Å². The van der Waals surface area contributed by atoms with Gasteiger partial charge >= 0.3 is 29.2 Å².